The van der Waals surface area contributed by atoms with Crippen LogP contribution in [-0.2, 0) is 11.3 Å². The number of ether oxygens (including phenoxy) is 1. The molecule has 0 aromatic carbocycles. The summed E-state index contributed by atoms with van der Waals surface area (Å²) in [5.41, 5.74) is 1.96. The number of hydrogen-bond donors (Lipinski definition) is 1. The van der Waals surface area contributed by atoms with Crippen molar-refractivity contribution >= 4 is 27.5 Å². The summed E-state index contributed by atoms with van der Waals surface area (Å²) in [6.45, 7) is 4.23. The molecule has 1 N–H and O–H groups in total. The standard InChI is InChI=1S/C11H16BrN5OS/c1-3-13-10(9-7-19-16-15-9)11-8(12)6-14-17(11)4-5-18-2/h6-7,10,13H,3-5H2,1-2H3. The molecule has 0 amide bonds. The zero-order valence-corrected chi connectivity index (χ0v) is 13.2. The van der Waals surface area contributed by atoms with E-state index in [2.05, 4.69) is 42.9 Å². The van der Waals surface area contributed by atoms with Crippen LogP contribution in [-0.4, -0.2) is 39.6 Å². The Morgan fingerprint density at radius 1 is 1.58 bits per heavy atom. The predicted molar refractivity (Wildman–Crippen MR) is 77.2 cm³/mol. The number of aromatic nitrogens is 4. The van der Waals surface area contributed by atoms with Crippen LogP contribution < -0.4 is 5.32 Å². The van der Waals surface area contributed by atoms with Gasteiger partial charge >= 0.3 is 0 Å². The van der Waals surface area contributed by atoms with Gasteiger partial charge in [-0.25, -0.2) is 0 Å². The van der Waals surface area contributed by atoms with Crippen molar-refractivity contribution in [2.24, 2.45) is 0 Å². The molecule has 2 aromatic heterocycles. The summed E-state index contributed by atoms with van der Waals surface area (Å²) in [6, 6.07) is -0.0162. The van der Waals surface area contributed by atoms with Gasteiger partial charge in [0.2, 0.25) is 0 Å². The number of halogens is 1. The van der Waals surface area contributed by atoms with Crippen molar-refractivity contribution in [3.05, 3.63) is 27.4 Å². The molecule has 8 heteroatoms. The Morgan fingerprint density at radius 3 is 3.05 bits per heavy atom. The number of rotatable bonds is 7. The van der Waals surface area contributed by atoms with Crippen LogP contribution >= 0.6 is 27.5 Å². The lowest BCUT2D eigenvalue weighted by atomic mass is 10.1. The van der Waals surface area contributed by atoms with E-state index in [1.807, 2.05) is 10.1 Å². The minimum Gasteiger partial charge on any atom is -0.383 e. The van der Waals surface area contributed by atoms with Crippen molar-refractivity contribution in [2.75, 3.05) is 20.3 Å². The molecule has 19 heavy (non-hydrogen) atoms. The van der Waals surface area contributed by atoms with Gasteiger partial charge in [0.25, 0.3) is 0 Å². The summed E-state index contributed by atoms with van der Waals surface area (Å²) in [5, 5.41) is 13.9. The van der Waals surface area contributed by atoms with Crippen LogP contribution in [0.3, 0.4) is 0 Å². The Labute approximate surface area is 124 Å². The molecule has 2 heterocycles. The van der Waals surface area contributed by atoms with Gasteiger partial charge in [0, 0.05) is 12.5 Å². The van der Waals surface area contributed by atoms with Crippen LogP contribution in [0.4, 0.5) is 0 Å². The molecule has 0 aliphatic carbocycles. The van der Waals surface area contributed by atoms with Crippen LogP contribution in [0.25, 0.3) is 0 Å². The Balaban J connectivity index is 2.33. The molecule has 1 unspecified atom stereocenters. The van der Waals surface area contributed by atoms with Crippen molar-refractivity contribution in [3.8, 4) is 0 Å². The average molecular weight is 346 g/mol. The Bertz CT molecular complexity index is 501. The first-order valence-electron chi connectivity index (χ1n) is 5.98. The first-order valence-corrected chi connectivity index (χ1v) is 7.61. The summed E-state index contributed by atoms with van der Waals surface area (Å²) in [7, 11) is 1.68. The van der Waals surface area contributed by atoms with Crippen molar-refractivity contribution in [1.29, 1.82) is 0 Å². The molecule has 6 nitrogen and oxygen atoms in total. The zero-order chi connectivity index (χ0) is 13.7. The van der Waals surface area contributed by atoms with Gasteiger partial charge in [-0.1, -0.05) is 11.4 Å². The smallest absolute Gasteiger partial charge is 0.0986 e. The van der Waals surface area contributed by atoms with E-state index in [0.717, 1.165) is 22.4 Å². The zero-order valence-electron chi connectivity index (χ0n) is 10.8. The van der Waals surface area contributed by atoms with Gasteiger partial charge in [-0.3, -0.25) is 4.68 Å². The fourth-order valence-electron chi connectivity index (χ4n) is 1.86. The Hall–Kier alpha value is -0.830. The monoisotopic (exact) mass is 345 g/mol. The maximum atomic E-state index is 5.12. The van der Waals surface area contributed by atoms with Crippen molar-refractivity contribution in [3.63, 3.8) is 0 Å². The topological polar surface area (TPSA) is 64.9 Å². The highest BCUT2D eigenvalue weighted by Gasteiger charge is 2.23. The maximum Gasteiger partial charge on any atom is 0.0986 e. The van der Waals surface area contributed by atoms with Crippen LogP contribution in [0.1, 0.15) is 24.4 Å². The van der Waals surface area contributed by atoms with E-state index in [1.54, 1.807) is 13.3 Å². The lowest BCUT2D eigenvalue weighted by molar-refractivity contribution is 0.182. The highest BCUT2D eigenvalue weighted by Crippen LogP contribution is 2.28. The minimum atomic E-state index is -0.0162. The SMILES string of the molecule is CCNC(c1csnn1)c1c(Br)cnn1CCOC. The molecule has 0 bridgehead atoms. The Kier molecular flexibility index (Phi) is 5.44. The third kappa shape index (κ3) is 3.38. The van der Waals surface area contributed by atoms with E-state index in [1.165, 1.54) is 11.5 Å². The van der Waals surface area contributed by atoms with Gasteiger partial charge in [-0.2, -0.15) is 5.10 Å². The van der Waals surface area contributed by atoms with Crippen LogP contribution in [0.15, 0.2) is 16.0 Å². The van der Waals surface area contributed by atoms with Crippen LogP contribution in [0.5, 0.6) is 0 Å². The number of nitrogens with zero attached hydrogens (tertiary/aromatic N) is 4. The molecule has 0 radical (unpaired) electrons. The van der Waals surface area contributed by atoms with E-state index < -0.39 is 0 Å². The highest BCUT2D eigenvalue weighted by molar-refractivity contribution is 9.10. The number of nitrogens with one attached hydrogen (secondary N) is 1. The molecule has 104 valence electrons. The molecule has 0 aliphatic rings. The largest absolute Gasteiger partial charge is 0.383 e. The molecule has 1 atom stereocenters. The Morgan fingerprint density at radius 2 is 2.42 bits per heavy atom. The third-order valence-electron chi connectivity index (χ3n) is 2.69. The van der Waals surface area contributed by atoms with Crippen molar-refractivity contribution in [1.82, 2.24) is 24.7 Å². The van der Waals surface area contributed by atoms with Gasteiger partial charge in [-0.15, -0.1) is 5.10 Å². The first kappa shape index (κ1) is 14.6. The van der Waals surface area contributed by atoms with Gasteiger partial charge in [0.15, 0.2) is 0 Å². The summed E-state index contributed by atoms with van der Waals surface area (Å²) in [5.74, 6) is 0. The van der Waals surface area contributed by atoms with Gasteiger partial charge in [0.1, 0.15) is 0 Å². The van der Waals surface area contributed by atoms with E-state index in [4.69, 9.17) is 4.74 Å². The number of methoxy groups -OCH3 is 1. The van der Waals surface area contributed by atoms with Crippen molar-refractivity contribution < 1.29 is 4.74 Å². The normalized spacial score (nSPS) is 12.8. The average Bonchev–Trinajstić information content (AvgIpc) is 3.04. The van der Waals surface area contributed by atoms with E-state index in [0.29, 0.717) is 13.2 Å². The van der Waals surface area contributed by atoms with E-state index >= 15 is 0 Å². The molecule has 0 saturated carbocycles. The van der Waals surface area contributed by atoms with Crippen molar-refractivity contribution in [2.45, 2.75) is 19.5 Å². The lowest BCUT2D eigenvalue weighted by Gasteiger charge is -2.18. The summed E-state index contributed by atoms with van der Waals surface area (Å²) >= 11 is 4.91. The quantitative estimate of drug-likeness (QED) is 0.829. The second-order valence-corrected chi connectivity index (χ2v) is 5.38. The molecule has 0 fully saturated rings. The highest BCUT2D eigenvalue weighted by atomic mass is 79.9. The van der Waals surface area contributed by atoms with E-state index in [9.17, 15) is 0 Å². The summed E-state index contributed by atoms with van der Waals surface area (Å²) in [4.78, 5) is 0. The second kappa shape index (κ2) is 7.09. The number of hydrogen-bond acceptors (Lipinski definition) is 6. The van der Waals surface area contributed by atoms with Gasteiger partial charge < -0.3 is 10.1 Å². The molecule has 2 aromatic rings. The second-order valence-electron chi connectivity index (χ2n) is 3.91. The fourth-order valence-corrected chi connectivity index (χ4v) is 2.86. The molecular formula is C11H16BrN5OS. The molecule has 0 saturated heterocycles. The van der Waals surface area contributed by atoms with Gasteiger partial charge in [-0.05, 0) is 34.0 Å². The molecular weight excluding hydrogens is 330 g/mol. The van der Waals surface area contributed by atoms with Crippen LogP contribution in [0, 0.1) is 0 Å². The van der Waals surface area contributed by atoms with Crippen LogP contribution in [0.2, 0.25) is 0 Å². The maximum absolute atomic E-state index is 5.12. The third-order valence-corrected chi connectivity index (χ3v) is 3.83. The summed E-state index contributed by atoms with van der Waals surface area (Å²) < 4.78 is 11.9. The molecule has 0 spiro atoms. The molecule has 2 rings (SSSR count). The minimum absolute atomic E-state index is 0.0162. The fraction of sp³-hybridized carbons (Fsp3) is 0.545. The lowest BCUT2D eigenvalue weighted by Crippen LogP contribution is -2.26. The first-order chi connectivity index (χ1) is 9.27. The van der Waals surface area contributed by atoms with Gasteiger partial charge in [0.05, 0.1) is 41.3 Å². The van der Waals surface area contributed by atoms with E-state index in [-0.39, 0.29) is 6.04 Å². The predicted octanol–water partition coefficient (Wildman–Crippen LogP) is 1.84. The molecule has 0 aliphatic heterocycles. The summed E-state index contributed by atoms with van der Waals surface area (Å²) in [6.07, 6.45) is 1.80.